The zero-order valence-corrected chi connectivity index (χ0v) is 12.5. The maximum atomic E-state index is 4.23. The number of guanidine groups is 1. The van der Waals surface area contributed by atoms with Crippen LogP contribution in [0.25, 0.3) is 0 Å². The molecule has 4 heteroatoms. The Balaban J connectivity index is 2.40. The van der Waals surface area contributed by atoms with E-state index in [4.69, 9.17) is 0 Å². The second-order valence-electron chi connectivity index (χ2n) is 4.73. The smallest absolute Gasteiger partial charge is 0.191 e. The highest BCUT2D eigenvalue weighted by Crippen LogP contribution is 2.19. The molecular formula is C14H23N3S. The van der Waals surface area contributed by atoms with Gasteiger partial charge in [0.2, 0.25) is 0 Å². The molecule has 0 heterocycles. The standard InChI is InChI=1S/C14H23N3S/c1-14(2,18-4)11-17-13(15-3)16-10-12-8-6-5-7-9-12/h5-9H,10-11H2,1-4H3,(H2,15,16,17). The van der Waals surface area contributed by atoms with Gasteiger partial charge in [-0.1, -0.05) is 30.3 Å². The summed E-state index contributed by atoms with van der Waals surface area (Å²) in [5.41, 5.74) is 1.25. The lowest BCUT2D eigenvalue weighted by Gasteiger charge is -2.23. The molecule has 0 radical (unpaired) electrons. The summed E-state index contributed by atoms with van der Waals surface area (Å²) in [5, 5.41) is 6.66. The van der Waals surface area contributed by atoms with Gasteiger partial charge < -0.3 is 10.6 Å². The second kappa shape index (κ2) is 7.31. The van der Waals surface area contributed by atoms with E-state index in [0.29, 0.717) is 0 Å². The third kappa shape index (κ3) is 5.45. The summed E-state index contributed by atoms with van der Waals surface area (Å²) < 4.78 is 0.213. The van der Waals surface area contributed by atoms with E-state index in [0.717, 1.165) is 19.0 Å². The Morgan fingerprint density at radius 3 is 2.44 bits per heavy atom. The van der Waals surface area contributed by atoms with Crippen LogP contribution in [0.15, 0.2) is 35.3 Å². The van der Waals surface area contributed by atoms with Gasteiger partial charge in [0, 0.05) is 24.9 Å². The quantitative estimate of drug-likeness (QED) is 0.634. The fraction of sp³-hybridized carbons (Fsp3) is 0.500. The molecule has 0 unspecified atom stereocenters. The highest BCUT2D eigenvalue weighted by molar-refractivity contribution is 7.99. The van der Waals surface area contributed by atoms with Crippen LogP contribution in [0.1, 0.15) is 19.4 Å². The first-order chi connectivity index (χ1) is 8.57. The van der Waals surface area contributed by atoms with Crippen LogP contribution < -0.4 is 10.6 Å². The average molecular weight is 265 g/mol. The van der Waals surface area contributed by atoms with E-state index in [1.165, 1.54) is 5.56 Å². The van der Waals surface area contributed by atoms with Crippen LogP contribution in [0.5, 0.6) is 0 Å². The molecule has 0 atom stereocenters. The number of nitrogens with one attached hydrogen (secondary N) is 2. The molecule has 18 heavy (non-hydrogen) atoms. The van der Waals surface area contributed by atoms with Crippen LogP contribution >= 0.6 is 11.8 Å². The lowest BCUT2D eigenvalue weighted by atomic mass is 10.2. The monoisotopic (exact) mass is 265 g/mol. The zero-order chi connectivity index (χ0) is 13.4. The molecule has 0 aromatic heterocycles. The zero-order valence-electron chi connectivity index (χ0n) is 11.7. The number of nitrogens with zero attached hydrogens (tertiary/aromatic N) is 1. The van der Waals surface area contributed by atoms with Gasteiger partial charge in [0.1, 0.15) is 0 Å². The van der Waals surface area contributed by atoms with Crippen molar-refractivity contribution in [3.63, 3.8) is 0 Å². The van der Waals surface area contributed by atoms with Crippen molar-refractivity contribution in [1.29, 1.82) is 0 Å². The van der Waals surface area contributed by atoms with Crippen molar-refractivity contribution in [1.82, 2.24) is 10.6 Å². The van der Waals surface area contributed by atoms with Crippen LogP contribution in [-0.2, 0) is 6.54 Å². The molecule has 0 fully saturated rings. The van der Waals surface area contributed by atoms with Crippen molar-refractivity contribution in [2.75, 3.05) is 19.8 Å². The number of hydrogen-bond acceptors (Lipinski definition) is 2. The van der Waals surface area contributed by atoms with Crippen LogP contribution in [0, 0.1) is 0 Å². The highest BCUT2D eigenvalue weighted by Gasteiger charge is 2.15. The largest absolute Gasteiger partial charge is 0.355 e. The molecule has 1 aromatic rings. The van der Waals surface area contributed by atoms with E-state index < -0.39 is 0 Å². The number of benzene rings is 1. The van der Waals surface area contributed by atoms with Gasteiger partial charge in [-0.15, -0.1) is 0 Å². The molecule has 100 valence electrons. The summed E-state index contributed by atoms with van der Waals surface area (Å²) in [7, 11) is 1.80. The Kier molecular flexibility index (Phi) is 6.05. The number of aliphatic imine (C=N–C) groups is 1. The van der Waals surface area contributed by atoms with Crippen molar-refractivity contribution < 1.29 is 0 Å². The van der Waals surface area contributed by atoms with Gasteiger partial charge >= 0.3 is 0 Å². The maximum absolute atomic E-state index is 4.23. The van der Waals surface area contributed by atoms with E-state index >= 15 is 0 Å². The van der Waals surface area contributed by atoms with E-state index in [-0.39, 0.29) is 4.75 Å². The SMILES string of the molecule is CN=C(NCc1ccccc1)NCC(C)(C)SC. The summed E-state index contributed by atoms with van der Waals surface area (Å²) in [5.74, 6) is 0.848. The second-order valence-corrected chi connectivity index (χ2v) is 6.24. The van der Waals surface area contributed by atoms with E-state index in [9.17, 15) is 0 Å². The first-order valence-corrected chi connectivity index (χ1v) is 7.33. The van der Waals surface area contributed by atoms with Gasteiger partial charge in [-0.05, 0) is 25.7 Å². The molecule has 0 spiro atoms. The van der Waals surface area contributed by atoms with Gasteiger partial charge in [-0.25, -0.2) is 0 Å². The van der Waals surface area contributed by atoms with Crippen molar-refractivity contribution in [2.45, 2.75) is 25.1 Å². The lowest BCUT2D eigenvalue weighted by molar-refractivity contribution is 0.664. The van der Waals surface area contributed by atoms with Gasteiger partial charge in [-0.2, -0.15) is 11.8 Å². The fourth-order valence-electron chi connectivity index (χ4n) is 1.37. The summed E-state index contributed by atoms with van der Waals surface area (Å²) >= 11 is 1.85. The third-order valence-corrected chi connectivity index (χ3v) is 4.01. The molecule has 0 aliphatic rings. The Labute approximate surface area is 114 Å². The molecule has 1 aromatic carbocycles. The minimum atomic E-state index is 0.213. The predicted octanol–water partition coefficient (Wildman–Crippen LogP) is 2.49. The summed E-state index contributed by atoms with van der Waals surface area (Å²) in [4.78, 5) is 4.23. The van der Waals surface area contributed by atoms with Crippen LogP contribution in [0.4, 0.5) is 0 Å². The predicted molar refractivity (Wildman–Crippen MR) is 82.2 cm³/mol. The lowest BCUT2D eigenvalue weighted by Crippen LogP contribution is -2.42. The van der Waals surface area contributed by atoms with E-state index in [1.807, 2.05) is 30.0 Å². The first kappa shape index (κ1) is 14.9. The van der Waals surface area contributed by atoms with Gasteiger partial charge in [0.25, 0.3) is 0 Å². The molecule has 2 N–H and O–H groups in total. The number of rotatable bonds is 5. The number of thioether (sulfide) groups is 1. The van der Waals surface area contributed by atoms with Crippen molar-refractivity contribution in [3.05, 3.63) is 35.9 Å². The minimum absolute atomic E-state index is 0.213. The average Bonchev–Trinajstić information content (AvgIpc) is 2.40. The summed E-state index contributed by atoms with van der Waals surface area (Å²) in [6.45, 7) is 6.12. The molecule has 3 nitrogen and oxygen atoms in total. The molecular weight excluding hydrogens is 242 g/mol. The highest BCUT2D eigenvalue weighted by atomic mass is 32.2. The topological polar surface area (TPSA) is 36.4 Å². The van der Waals surface area contributed by atoms with Crippen LogP contribution in [-0.4, -0.2) is 30.6 Å². The maximum Gasteiger partial charge on any atom is 0.191 e. The molecule has 0 saturated heterocycles. The van der Waals surface area contributed by atoms with E-state index in [2.05, 4.69) is 47.9 Å². The summed E-state index contributed by atoms with van der Waals surface area (Å²) in [6, 6.07) is 10.3. The van der Waals surface area contributed by atoms with Crippen LogP contribution in [0.3, 0.4) is 0 Å². The van der Waals surface area contributed by atoms with Gasteiger partial charge in [-0.3, -0.25) is 4.99 Å². The van der Waals surface area contributed by atoms with Crippen molar-refractivity contribution in [3.8, 4) is 0 Å². The van der Waals surface area contributed by atoms with Gasteiger partial charge in [0.05, 0.1) is 0 Å². The molecule has 0 aliphatic heterocycles. The third-order valence-electron chi connectivity index (χ3n) is 2.76. The molecule has 1 rings (SSSR count). The molecule has 0 aliphatic carbocycles. The van der Waals surface area contributed by atoms with Gasteiger partial charge in [0.15, 0.2) is 5.96 Å². The Morgan fingerprint density at radius 1 is 1.22 bits per heavy atom. The normalized spacial score (nSPS) is 12.3. The molecule has 0 bridgehead atoms. The molecule has 0 amide bonds. The van der Waals surface area contributed by atoms with Crippen molar-refractivity contribution >= 4 is 17.7 Å². The first-order valence-electron chi connectivity index (χ1n) is 6.11. The minimum Gasteiger partial charge on any atom is -0.355 e. The Morgan fingerprint density at radius 2 is 1.89 bits per heavy atom. The molecule has 0 saturated carbocycles. The van der Waals surface area contributed by atoms with E-state index in [1.54, 1.807) is 7.05 Å². The van der Waals surface area contributed by atoms with Crippen LogP contribution in [0.2, 0.25) is 0 Å². The van der Waals surface area contributed by atoms with Crippen molar-refractivity contribution in [2.24, 2.45) is 4.99 Å². The number of hydrogen-bond donors (Lipinski definition) is 2. The Bertz CT molecular complexity index is 374. The summed E-state index contributed by atoms with van der Waals surface area (Å²) in [6.07, 6.45) is 2.13. The fourth-order valence-corrected chi connectivity index (χ4v) is 1.59. The Hall–Kier alpha value is -1.16.